The standard InChI is InChI=1S/C17H25N7O2.2ClH/c1-11-20-15-13(10-19-22(15)2)16(21-11)23-5-7-24(8-6-23)17(25)14-4-3-12(9-18)26-14;;/h10,12,14H,3-9,18H2,1-2H3;2*1H/t12-,14+;;/m1../s1. The van der Waals surface area contributed by atoms with E-state index < -0.39 is 0 Å². The van der Waals surface area contributed by atoms with Crippen LogP contribution in [0.1, 0.15) is 18.7 Å². The molecule has 2 aliphatic heterocycles. The van der Waals surface area contributed by atoms with E-state index in [1.807, 2.05) is 18.9 Å². The summed E-state index contributed by atoms with van der Waals surface area (Å²) in [6.07, 6.45) is 3.13. The summed E-state index contributed by atoms with van der Waals surface area (Å²) in [5.74, 6) is 1.71. The van der Waals surface area contributed by atoms with E-state index >= 15 is 0 Å². The van der Waals surface area contributed by atoms with Crippen LogP contribution in [-0.4, -0.2) is 75.5 Å². The van der Waals surface area contributed by atoms with Crippen molar-refractivity contribution in [2.75, 3.05) is 37.6 Å². The number of hydrogen-bond acceptors (Lipinski definition) is 7. The number of ether oxygens (including phenoxy) is 1. The molecule has 156 valence electrons. The maximum Gasteiger partial charge on any atom is 0.251 e. The second kappa shape index (κ2) is 9.21. The number of rotatable bonds is 3. The van der Waals surface area contributed by atoms with E-state index in [0.29, 0.717) is 19.6 Å². The molecule has 2 aliphatic rings. The number of aromatic nitrogens is 4. The van der Waals surface area contributed by atoms with Crippen molar-refractivity contribution in [3.05, 3.63) is 12.0 Å². The molecule has 4 heterocycles. The number of fused-ring (bicyclic) bond motifs is 1. The third-order valence-electron chi connectivity index (χ3n) is 5.22. The van der Waals surface area contributed by atoms with Gasteiger partial charge in [0.2, 0.25) is 0 Å². The second-order valence-corrected chi connectivity index (χ2v) is 6.97. The Balaban J connectivity index is 0.00000140. The van der Waals surface area contributed by atoms with Crippen LogP contribution in [0.5, 0.6) is 0 Å². The van der Waals surface area contributed by atoms with Gasteiger partial charge in [0.1, 0.15) is 17.7 Å². The van der Waals surface area contributed by atoms with E-state index in [0.717, 1.165) is 48.6 Å². The molecule has 2 N–H and O–H groups in total. The zero-order valence-electron chi connectivity index (χ0n) is 16.1. The molecule has 2 aromatic rings. The molecular weight excluding hydrogens is 405 g/mol. The van der Waals surface area contributed by atoms with Crippen LogP contribution < -0.4 is 10.6 Å². The third-order valence-corrected chi connectivity index (χ3v) is 5.22. The van der Waals surface area contributed by atoms with Gasteiger partial charge in [-0.3, -0.25) is 9.48 Å². The van der Waals surface area contributed by atoms with E-state index in [4.69, 9.17) is 10.5 Å². The predicted octanol–water partition coefficient (Wildman–Crippen LogP) is 0.670. The Morgan fingerprint density at radius 3 is 2.57 bits per heavy atom. The highest BCUT2D eigenvalue weighted by atomic mass is 35.5. The number of anilines is 1. The summed E-state index contributed by atoms with van der Waals surface area (Å²) < 4.78 is 7.51. The first-order valence-electron chi connectivity index (χ1n) is 9.12. The van der Waals surface area contributed by atoms with Crippen molar-refractivity contribution in [3.8, 4) is 0 Å². The van der Waals surface area contributed by atoms with Crippen LogP contribution in [-0.2, 0) is 16.6 Å². The molecule has 9 nitrogen and oxygen atoms in total. The molecule has 11 heteroatoms. The maximum absolute atomic E-state index is 12.7. The minimum absolute atomic E-state index is 0. The highest BCUT2D eigenvalue weighted by Gasteiger charge is 2.34. The summed E-state index contributed by atoms with van der Waals surface area (Å²) in [5.41, 5.74) is 6.47. The van der Waals surface area contributed by atoms with E-state index in [-0.39, 0.29) is 42.9 Å². The fourth-order valence-corrected chi connectivity index (χ4v) is 3.76. The third kappa shape index (κ3) is 4.17. The number of nitrogens with two attached hydrogens (primary N) is 1. The van der Waals surface area contributed by atoms with Crippen molar-refractivity contribution >= 4 is 47.6 Å². The highest BCUT2D eigenvalue weighted by molar-refractivity contribution is 5.87. The molecule has 1 amide bonds. The Labute approximate surface area is 176 Å². The van der Waals surface area contributed by atoms with Crippen LogP contribution in [0.25, 0.3) is 11.0 Å². The molecule has 0 aromatic carbocycles. The average molecular weight is 432 g/mol. The summed E-state index contributed by atoms with van der Waals surface area (Å²) in [6.45, 7) is 5.17. The van der Waals surface area contributed by atoms with Gasteiger partial charge in [-0.05, 0) is 19.8 Å². The van der Waals surface area contributed by atoms with Crippen LogP contribution in [0.15, 0.2) is 6.20 Å². The Morgan fingerprint density at radius 2 is 1.93 bits per heavy atom. The number of piperazine rings is 1. The first-order chi connectivity index (χ1) is 12.6. The summed E-state index contributed by atoms with van der Waals surface area (Å²) in [5, 5.41) is 5.25. The first kappa shape index (κ1) is 22.6. The average Bonchev–Trinajstić information content (AvgIpc) is 3.28. The molecule has 0 spiro atoms. The monoisotopic (exact) mass is 431 g/mol. The van der Waals surface area contributed by atoms with Gasteiger partial charge in [0, 0.05) is 39.8 Å². The topological polar surface area (TPSA) is 102 Å². The molecule has 0 unspecified atom stereocenters. The molecule has 2 aromatic heterocycles. The lowest BCUT2D eigenvalue weighted by atomic mass is 10.1. The number of halogens is 2. The van der Waals surface area contributed by atoms with Gasteiger partial charge in [-0.25, -0.2) is 9.97 Å². The first-order valence-corrected chi connectivity index (χ1v) is 9.12. The number of hydrogen-bond donors (Lipinski definition) is 1. The van der Waals surface area contributed by atoms with Gasteiger partial charge >= 0.3 is 0 Å². The van der Waals surface area contributed by atoms with E-state index in [1.54, 1.807) is 10.9 Å². The largest absolute Gasteiger partial charge is 0.364 e. The van der Waals surface area contributed by atoms with E-state index in [1.165, 1.54) is 0 Å². The quantitative estimate of drug-likeness (QED) is 0.761. The molecule has 2 fully saturated rings. The molecule has 0 radical (unpaired) electrons. The van der Waals surface area contributed by atoms with Crippen LogP contribution in [0, 0.1) is 6.92 Å². The van der Waals surface area contributed by atoms with Crippen LogP contribution >= 0.6 is 24.8 Å². The Kier molecular flexibility index (Phi) is 7.44. The molecule has 4 rings (SSSR count). The van der Waals surface area contributed by atoms with Gasteiger partial charge in [-0.15, -0.1) is 24.8 Å². The molecule has 2 atom stereocenters. The zero-order valence-corrected chi connectivity index (χ0v) is 17.7. The van der Waals surface area contributed by atoms with Crippen LogP contribution in [0.3, 0.4) is 0 Å². The van der Waals surface area contributed by atoms with Crippen molar-refractivity contribution < 1.29 is 9.53 Å². The maximum atomic E-state index is 12.7. The lowest BCUT2D eigenvalue weighted by molar-refractivity contribution is -0.143. The van der Waals surface area contributed by atoms with Gasteiger partial charge in [-0.2, -0.15) is 5.10 Å². The summed E-state index contributed by atoms with van der Waals surface area (Å²) in [4.78, 5) is 25.9. The minimum atomic E-state index is -0.332. The Hall–Kier alpha value is -1.68. The van der Waals surface area contributed by atoms with Crippen molar-refractivity contribution in [2.24, 2.45) is 12.8 Å². The fourth-order valence-electron chi connectivity index (χ4n) is 3.76. The summed E-state index contributed by atoms with van der Waals surface area (Å²) >= 11 is 0. The molecule has 0 bridgehead atoms. The lowest BCUT2D eigenvalue weighted by Gasteiger charge is -2.36. The zero-order chi connectivity index (χ0) is 18.3. The van der Waals surface area contributed by atoms with Crippen LogP contribution in [0.4, 0.5) is 5.82 Å². The molecule has 28 heavy (non-hydrogen) atoms. The number of carbonyl (C=O) groups excluding carboxylic acids is 1. The minimum Gasteiger partial charge on any atom is -0.364 e. The SMILES string of the molecule is Cc1nc(N2CCN(C(=O)[C@@H]3CC[C@H](CN)O3)CC2)c2cnn(C)c2n1.Cl.Cl. The van der Waals surface area contributed by atoms with Crippen molar-refractivity contribution in [2.45, 2.75) is 32.0 Å². The summed E-state index contributed by atoms with van der Waals surface area (Å²) in [6, 6.07) is 0. The Morgan fingerprint density at radius 1 is 1.21 bits per heavy atom. The van der Waals surface area contributed by atoms with E-state index in [9.17, 15) is 4.79 Å². The van der Waals surface area contributed by atoms with Gasteiger partial charge < -0.3 is 20.3 Å². The van der Waals surface area contributed by atoms with E-state index in [2.05, 4.69) is 20.0 Å². The number of nitrogens with zero attached hydrogens (tertiary/aromatic N) is 6. The number of amides is 1. The van der Waals surface area contributed by atoms with Crippen molar-refractivity contribution in [1.29, 1.82) is 0 Å². The summed E-state index contributed by atoms with van der Waals surface area (Å²) in [7, 11) is 1.88. The van der Waals surface area contributed by atoms with Crippen molar-refractivity contribution in [3.63, 3.8) is 0 Å². The smallest absolute Gasteiger partial charge is 0.251 e. The van der Waals surface area contributed by atoms with Gasteiger partial charge in [0.05, 0.1) is 17.7 Å². The number of aryl methyl sites for hydroxylation is 2. The second-order valence-electron chi connectivity index (χ2n) is 6.97. The molecular formula is C17H27Cl2N7O2. The van der Waals surface area contributed by atoms with Crippen molar-refractivity contribution in [1.82, 2.24) is 24.6 Å². The number of carbonyl (C=O) groups is 1. The van der Waals surface area contributed by atoms with Gasteiger partial charge in [0.25, 0.3) is 5.91 Å². The molecule has 0 saturated carbocycles. The van der Waals surface area contributed by atoms with Gasteiger partial charge in [0.15, 0.2) is 5.65 Å². The Bertz CT molecular complexity index is 823. The molecule has 0 aliphatic carbocycles. The lowest BCUT2D eigenvalue weighted by Crippen LogP contribution is -2.51. The van der Waals surface area contributed by atoms with Crippen LogP contribution in [0.2, 0.25) is 0 Å². The molecule has 2 saturated heterocycles. The van der Waals surface area contributed by atoms with Gasteiger partial charge in [-0.1, -0.05) is 0 Å². The fraction of sp³-hybridized carbons (Fsp3) is 0.647. The highest BCUT2D eigenvalue weighted by Crippen LogP contribution is 2.25. The normalized spacial score (nSPS) is 22.1. The predicted molar refractivity (Wildman–Crippen MR) is 111 cm³/mol.